The maximum absolute atomic E-state index is 4.60. The Hall–Kier alpha value is -3.78. The van der Waals surface area contributed by atoms with E-state index in [-0.39, 0.29) is 0 Å². The fraction of sp³-hybridized carbons (Fsp3) is 0. The molecule has 0 bridgehead atoms. The molecule has 0 N–H and O–H groups in total. The highest BCUT2D eigenvalue weighted by Gasteiger charge is 2.16. The first-order chi connectivity index (χ1) is 20.7. The highest BCUT2D eigenvalue weighted by Crippen LogP contribution is 2.45. The Labute approximate surface area is 259 Å². The Balaban J connectivity index is 1.43. The molecule has 0 aliphatic rings. The second-order valence-corrected chi connectivity index (χ2v) is 15.8. The van der Waals surface area contributed by atoms with Crippen LogP contribution < -0.4 is 0 Å². The summed E-state index contributed by atoms with van der Waals surface area (Å²) in [5.74, 6) is 0. The van der Waals surface area contributed by atoms with Gasteiger partial charge in [0.1, 0.15) is 0 Å². The third-order valence-electron chi connectivity index (χ3n) is 7.26. The number of fused-ring (bicyclic) bond motifs is 12. The van der Waals surface area contributed by atoms with E-state index in [1.54, 1.807) is 105 Å². The number of aromatic nitrogens is 6. The van der Waals surface area contributed by atoms with Crippen molar-refractivity contribution in [3.63, 3.8) is 0 Å². The molecule has 42 heavy (non-hydrogen) atoms. The summed E-state index contributed by atoms with van der Waals surface area (Å²) in [5, 5.41) is 7.44. The second-order valence-electron chi connectivity index (χ2n) is 9.65. The standard InChI is InChI=1S/C30H12N6S6/c1-2-32-26-25(31-1)37-19-7-13-14(8-20(19)38-26)16-10-22-24(42-30-29(40-22)35-5-6-36-30)12-18(16)17-11-23-21(9-15(13)17)39-27-28(41-23)34-4-3-33-27/h1-12H. The van der Waals surface area contributed by atoms with Crippen LogP contribution in [0.3, 0.4) is 0 Å². The molecule has 198 valence electrons. The van der Waals surface area contributed by atoms with Gasteiger partial charge >= 0.3 is 0 Å². The average molecular weight is 649 g/mol. The molecule has 0 fully saturated rings. The molecule has 0 saturated heterocycles. The fourth-order valence-corrected chi connectivity index (χ4v) is 11.8. The molecule has 0 atom stereocenters. The zero-order chi connectivity index (χ0) is 27.4. The Morgan fingerprint density at radius 1 is 0.262 bits per heavy atom. The molecule has 0 amide bonds. The van der Waals surface area contributed by atoms with Crippen LogP contribution in [-0.2, 0) is 0 Å². The van der Waals surface area contributed by atoms with Gasteiger partial charge in [-0.2, -0.15) is 0 Å². The van der Waals surface area contributed by atoms with Crippen molar-refractivity contribution in [1.29, 1.82) is 0 Å². The van der Waals surface area contributed by atoms with E-state index in [1.165, 1.54) is 60.5 Å². The van der Waals surface area contributed by atoms with Gasteiger partial charge in [0, 0.05) is 65.4 Å². The maximum Gasteiger partial charge on any atom is 0.152 e. The van der Waals surface area contributed by atoms with Crippen LogP contribution in [0.1, 0.15) is 0 Å². The van der Waals surface area contributed by atoms with Crippen molar-refractivity contribution in [3.05, 3.63) is 73.6 Å². The first-order valence-corrected chi connectivity index (χ1v) is 17.7. The lowest BCUT2D eigenvalue weighted by Gasteiger charge is -2.14. The van der Waals surface area contributed by atoms with Crippen molar-refractivity contribution in [2.45, 2.75) is 0 Å². The van der Waals surface area contributed by atoms with E-state index >= 15 is 0 Å². The van der Waals surface area contributed by atoms with Gasteiger partial charge in [-0.05, 0) is 68.7 Å². The van der Waals surface area contributed by atoms with E-state index in [0.717, 1.165) is 29.0 Å². The zero-order valence-electron chi connectivity index (χ0n) is 21.1. The molecule has 0 radical (unpaired) electrons. The van der Waals surface area contributed by atoms with Crippen molar-refractivity contribution in [3.8, 4) is 0 Å². The minimum atomic E-state index is 0.959. The van der Waals surface area contributed by atoms with E-state index in [0.29, 0.717) is 0 Å². The predicted octanol–water partition coefficient (Wildman–Crippen LogP) is 10.5. The van der Waals surface area contributed by atoms with E-state index < -0.39 is 0 Å². The van der Waals surface area contributed by atoms with Gasteiger partial charge in [-0.3, -0.25) is 0 Å². The van der Waals surface area contributed by atoms with Crippen LogP contribution in [0, 0.1) is 0 Å². The smallest absolute Gasteiger partial charge is 0.152 e. The van der Waals surface area contributed by atoms with E-state index in [2.05, 4.69) is 66.3 Å². The summed E-state index contributed by atoms with van der Waals surface area (Å²) in [6.07, 6.45) is 10.6. The maximum atomic E-state index is 4.60. The number of benzene rings is 4. The quantitative estimate of drug-likeness (QED) is 0.120. The van der Waals surface area contributed by atoms with Gasteiger partial charge in [0.15, 0.2) is 29.0 Å². The van der Waals surface area contributed by atoms with E-state index in [1.807, 2.05) is 0 Å². The van der Waals surface area contributed by atoms with Gasteiger partial charge in [-0.15, -0.1) is 68.0 Å². The van der Waals surface area contributed by atoms with Crippen LogP contribution in [0.15, 0.2) is 73.6 Å². The van der Waals surface area contributed by atoms with Crippen molar-refractivity contribution in [2.75, 3.05) is 0 Å². The summed E-state index contributed by atoms with van der Waals surface area (Å²) >= 11 is 10.2. The molecular weight excluding hydrogens is 637 g/mol. The largest absolute Gasteiger partial charge is 0.241 e. The van der Waals surface area contributed by atoms with Crippen molar-refractivity contribution >= 4 is 158 Å². The topological polar surface area (TPSA) is 77.3 Å². The lowest BCUT2D eigenvalue weighted by atomic mass is 9.94. The number of hydrogen-bond acceptors (Lipinski definition) is 12. The van der Waals surface area contributed by atoms with Gasteiger partial charge in [-0.25, -0.2) is 29.9 Å². The van der Waals surface area contributed by atoms with Gasteiger partial charge in [-0.1, -0.05) is 0 Å². The highest BCUT2D eigenvalue weighted by molar-refractivity contribution is 7.37. The van der Waals surface area contributed by atoms with Crippen LogP contribution in [0.25, 0.3) is 89.5 Å². The molecule has 0 spiro atoms. The normalized spacial score (nSPS) is 12.3. The summed E-state index contributed by atoms with van der Waals surface area (Å²) in [6.45, 7) is 0. The minimum absolute atomic E-state index is 0.959. The van der Waals surface area contributed by atoms with Crippen molar-refractivity contribution in [2.24, 2.45) is 0 Å². The molecule has 6 heterocycles. The lowest BCUT2D eigenvalue weighted by Crippen LogP contribution is -1.86. The van der Waals surface area contributed by atoms with Gasteiger partial charge < -0.3 is 0 Å². The Morgan fingerprint density at radius 2 is 0.429 bits per heavy atom. The third-order valence-corrected chi connectivity index (χ3v) is 14.3. The summed E-state index contributed by atoms with van der Waals surface area (Å²) in [6, 6.07) is 14.1. The van der Waals surface area contributed by atoms with Crippen LogP contribution >= 0.6 is 68.0 Å². The minimum Gasteiger partial charge on any atom is -0.241 e. The highest BCUT2D eigenvalue weighted by atomic mass is 32.1. The first kappa shape index (κ1) is 23.7. The summed E-state index contributed by atoms with van der Waals surface area (Å²) in [4.78, 5) is 33.4. The molecule has 0 unspecified atom stereocenters. The molecule has 10 aromatic rings. The number of hydrogen-bond donors (Lipinski definition) is 0. The van der Waals surface area contributed by atoms with Crippen LogP contribution in [0.5, 0.6) is 0 Å². The second kappa shape index (κ2) is 8.86. The molecule has 6 aromatic heterocycles. The Morgan fingerprint density at radius 3 is 0.595 bits per heavy atom. The monoisotopic (exact) mass is 648 g/mol. The van der Waals surface area contributed by atoms with Crippen LogP contribution in [0.4, 0.5) is 0 Å². The molecule has 0 saturated carbocycles. The van der Waals surface area contributed by atoms with Crippen molar-refractivity contribution in [1.82, 2.24) is 29.9 Å². The molecule has 6 nitrogen and oxygen atoms in total. The Kier molecular flexibility index (Phi) is 5.01. The SMILES string of the molecule is c1cnc2sc3cc4c(cc3sc2n1)c1cc2sc3nccnc3sc2cc1c1cc2sc3nccnc3sc2cc41. The number of rotatable bonds is 0. The van der Waals surface area contributed by atoms with Gasteiger partial charge in [0.25, 0.3) is 0 Å². The molecule has 0 aliphatic heterocycles. The van der Waals surface area contributed by atoms with E-state index in [4.69, 9.17) is 0 Å². The number of nitrogens with zero attached hydrogens (tertiary/aromatic N) is 6. The molecule has 4 aromatic carbocycles. The summed E-state index contributed by atoms with van der Waals surface area (Å²) < 4.78 is 7.27. The zero-order valence-corrected chi connectivity index (χ0v) is 26.0. The van der Waals surface area contributed by atoms with Crippen LogP contribution in [-0.4, -0.2) is 29.9 Å². The molecular formula is C30H12N6S6. The van der Waals surface area contributed by atoms with Gasteiger partial charge in [0.05, 0.1) is 0 Å². The van der Waals surface area contributed by atoms with E-state index in [9.17, 15) is 0 Å². The van der Waals surface area contributed by atoms with Gasteiger partial charge in [0.2, 0.25) is 0 Å². The summed E-state index contributed by atoms with van der Waals surface area (Å²) in [5.41, 5.74) is 0. The lowest BCUT2D eigenvalue weighted by molar-refractivity contribution is 1.33. The predicted molar refractivity (Wildman–Crippen MR) is 184 cm³/mol. The first-order valence-electron chi connectivity index (χ1n) is 12.8. The third kappa shape index (κ3) is 3.50. The van der Waals surface area contributed by atoms with Crippen LogP contribution in [0.2, 0.25) is 0 Å². The molecule has 10 rings (SSSR count). The van der Waals surface area contributed by atoms with Crippen molar-refractivity contribution < 1.29 is 0 Å². The Bertz CT molecular complexity index is 2300. The summed E-state index contributed by atoms with van der Waals surface area (Å²) in [7, 11) is 0. The molecule has 0 aliphatic carbocycles. The molecule has 12 heteroatoms. The average Bonchev–Trinajstić information content (AvgIpc) is 3.03. The fourth-order valence-electron chi connectivity index (χ4n) is 5.48.